The van der Waals surface area contributed by atoms with Crippen LogP contribution in [-0.2, 0) is 0 Å². The minimum atomic E-state index is 1.05. The lowest BCUT2D eigenvalue weighted by Gasteiger charge is -2.16. The zero-order valence-electron chi connectivity index (χ0n) is 31.1. The van der Waals surface area contributed by atoms with E-state index in [9.17, 15) is 0 Å². The number of thiophene rings is 1. The molecule has 0 spiro atoms. The average Bonchev–Trinajstić information content (AvgIpc) is 3.82. The normalized spacial score (nSPS) is 11.5. The van der Waals surface area contributed by atoms with Crippen LogP contribution in [-0.4, -0.2) is 4.57 Å². The van der Waals surface area contributed by atoms with E-state index in [1.54, 1.807) is 0 Å². The fourth-order valence-electron chi connectivity index (χ4n) is 8.36. The first-order valence-electron chi connectivity index (χ1n) is 19.4. The van der Waals surface area contributed by atoms with Crippen LogP contribution < -0.4 is 5.32 Å². The second kappa shape index (κ2) is 13.8. The fraction of sp³-hybridized carbons (Fsp3) is 0. The molecular formula is C54H36N2S. The van der Waals surface area contributed by atoms with Gasteiger partial charge in [0.1, 0.15) is 0 Å². The number of hydrogen-bond acceptors (Lipinski definition) is 2. The zero-order valence-corrected chi connectivity index (χ0v) is 31.9. The van der Waals surface area contributed by atoms with Gasteiger partial charge in [-0.1, -0.05) is 140 Å². The molecule has 0 saturated carbocycles. The van der Waals surface area contributed by atoms with Gasteiger partial charge in [0, 0.05) is 53.6 Å². The topological polar surface area (TPSA) is 17.0 Å². The van der Waals surface area contributed by atoms with Crippen LogP contribution in [0.4, 0.5) is 11.4 Å². The standard InChI is InChI=1S/C54H36N2S/c1-3-11-36(12-4-1)38-19-26-43(27-20-38)55-50-30-23-40(33-47(50)42-25-32-54-49(35-42)46-16-8-10-18-53(46)57-54)41-24-31-52-48(34-41)45-15-7-9-17-51(45)56(52)44-28-21-39(22-29-44)37-13-5-2-6-14-37/h1-35,55H. The lowest BCUT2D eigenvalue weighted by Crippen LogP contribution is -1.95. The van der Waals surface area contributed by atoms with E-state index < -0.39 is 0 Å². The van der Waals surface area contributed by atoms with Crippen molar-refractivity contribution in [2.24, 2.45) is 0 Å². The van der Waals surface area contributed by atoms with Gasteiger partial charge in [0.15, 0.2) is 0 Å². The smallest absolute Gasteiger partial charge is 0.0541 e. The van der Waals surface area contributed by atoms with Crippen LogP contribution in [0.25, 0.3) is 92.2 Å². The summed E-state index contributed by atoms with van der Waals surface area (Å²) in [5.41, 5.74) is 15.2. The summed E-state index contributed by atoms with van der Waals surface area (Å²) in [4.78, 5) is 0. The highest BCUT2D eigenvalue weighted by Gasteiger charge is 2.16. The van der Waals surface area contributed by atoms with Crippen LogP contribution in [0.2, 0.25) is 0 Å². The van der Waals surface area contributed by atoms with Gasteiger partial charge in [-0.3, -0.25) is 0 Å². The van der Waals surface area contributed by atoms with Gasteiger partial charge in [0.25, 0.3) is 0 Å². The number of anilines is 2. The second-order valence-electron chi connectivity index (χ2n) is 14.6. The van der Waals surface area contributed by atoms with Crippen molar-refractivity contribution in [1.29, 1.82) is 0 Å². The van der Waals surface area contributed by atoms with Crippen molar-refractivity contribution in [3.8, 4) is 50.2 Å². The molecule has 11 aromatic rings. The van der Waals surface area contributed by atoms with E-state index >= 15 is 0 Å². The number of aromatic nitrogens is 1. The minimum absolute atomic E-state index is 1.05. The van der Waals surface area contributed by atoms with E-state index in [2.05, 4.69) is 222 Å². The summed E-state index contributed by atoms with van der Waals surface area (Å²) < 4.78 is 5.01. The molecule has 2 aromatic heterocycles. The highest BCUT2D eigenvalue weighted by molar-refractivity contribution is 7.25. The quantitative estimate of drug-likeness (QED) is 0.172. The van der Waals surface area contributed by atoms with Crippen molar-refractivity contribution >= 4 is 64.7 Å². The fourth-order valence-corrected chi connectivity index (χ4v) is 9.45. The maximum Gasteiger partial charge on any atom is 0.0541 e. The Morgan fingerprint density at radius 1 is 0.333 bits per heavy atom. The van der Waals surface area contributed by atoms with Crippen LogP contribution in [0.3, 0.4) is 0 Å². The molecule has 11 rings (SSSR count). The molecule has 0 unspecified atom stereocenters. The van der Waals surface area contributed by atoms with E-state index in [1.807, 2.05) is 11.3 Å². The summed E-state index contributed by atoms with van der Waals surface area (Å²) in [5, 5.41) is 8.88. The number of nitrogens with one attached hydrogen (secondary N) is 1. The van der Waals surface area contributed by atoms with Crippen LogP contribution in [0.15, 0.2) is 212 Å². The summed E-state index contributed by atoms with van der Waals surface area (Å²) in [7, 11) is 0. The monoisotopic (exact) mass is 744 g/mol. The van der Waals surface area contributed by atoms with E-state index in [4.69, 9.17) is 0 Å². The molecule has 0 bridgehead atoms. The Kier molecular flexibility index (Phi) is 8.04. The lowest BCUT2D eigenvalue weighted by atomic mass is 9.95. The Balaban J connectivity index is 1.02. The molecule has 2 heterocycles. The van der Waals surface area contributed by atoms with Gasteiger partial charge in [0.05, 0.1) is 11.0 Å². The maximum absolute atomic E-state index is 3.80. The van der Waals surface area contributed by atoms with Crippen molar-refractivity contribution in [2.75, 3.05) is 5.32 Å². The summed E-state index contributed by atoms with van der Waals surface area (Å²) in [6.07, 6.45) is 0. The van der Waals surface area contributed by atoms with Gasteiger partial charge < -0.3 is 9.88 Å². The van der Waals surface area contributed by atoms with E-state index in [-0.39, 0.29) is 0 Å². The van der Waals surface area contributed by atoms with E-state index in [0.717, 1.165) is 22.6 Å². The van der Waals surface area contributed by atoms with Crippen molar-refractivity contribution < 1.29 is 0 Å². The zero-order chi connectivity index (χ0) is 37.7. The second-order valence-corrected chi connectivity index (χ2v) is 15.7. The molecule has 0 radical (unpaired) electrons. The van der Waals surface area contributed by atoms with Crippen LogP contribution in [0.5, 0.6) is 0 Å². The van der Waals surface area contributed by atoms with Crippen molar-refractivity contribution in [3.05, 3.63) is 212 Å². The van der Waals surface area contributed by atoms with Crippen molar-refractivity contribution in [2.45, 2.75) is 0 Å². The summed E-state index contributed by atoms with van der Waals surface area (Å²) >= 11 is 1.86. The molecule has 0 amide bonds. The molecule has 0 aliphatic rings. The third-order valence-electron chi connectivity index (χ3n) is 11.2. The maximum atomic E-state index is 3.80. The molecule has 57 heavy (non-hydrogen) atoms. The number of benzene rings is 9. The molecular weight excluding hydrogens is 709 g/mol. The van der Waals surface area contributed by atoms with E-state index in [0.29, 0.717) is 0 Å². The molecule has 0 aliphatic carbocycles. The van der Waals surface area contributed by atoms with Gasteiger partial charge in [-0.2, -0.15) is 0 Å². The first-order valence-corrected chi connectivity index (χ1v) is 20.2. The van der Waals surface area contributed by atoms with E-state index in [1.165, 1.54) is 80.9 Å². The molecule has 9 aromatic carbocycles. The van der Waals surface area contributed by atoms with Gasteiger partial charge in [-0.15, -0.1) is 11.3 Å². The number of para-hydroxylation sites is 1. The predicted octanol–water partition coefficient (Wildman–Crippen LogP) is 15.6. The molecule has 0 atom stereocenters. The first kappa shape index (κ1) is 33.2. The summed E-state index contributed by atoms with van der Waals surface area (Å²) in [6.45, 7) is 0. The molecule has 0 fully saturated rings. The molecule has 2 nitrogen and oxygen atoms in total. The number of nitrogens with zero attached hydrogens (tertiary/aromatic N) is 1. The van der Waals surface area contributed by atoms with Crippen molar-refractivity contribution in [1.82, 2.24) is 4.57 Å². The van der Waals surface area contributed by atoms with Gasteiger partial charge in [-0.25, -0.2) is 0 Å². The highest BCUT2D eigenvalue weighted by Crippen LogP contribution is 2.41. The third-order valence-corrected chi connectivity index (χ3v) is 12.4. The Labute approximate surface area is 335 Å². The number of fused-ring (bicyclic) bond motifs is 6. The Hall–Kier alpha value is -7.20. The van der Waals surface area contributed by atoms with Crippen molar-refractivity contribution in [3.63, 3.8) is 0 Å². The van der Waals surface area contributed by atoms with Crippen LogP contribution >= 0.6 is 11.3 Å². The molecule has 1 N–H and O–H groups in total. The third kappa shape index (κ3) is 5.97. The largest absolute Gasteiger partial charge is 0.355 e. The predicted molar refractivity (Wildman–Crippen MR) is 245 cm³/mol. The summed E-state index contributed by atoms with van der Waals surface area (Å²) in [6, 6.07) is 77.0. The minimum Gasteiger partial charge on any atom is -0.355 e. The Morgan fingerprint density at radius 2 is 0.860 bits per heavy atom. The molecule has 3 heteroatoms. The Bertz CT molecular complexity index is 3230. The lowest BCUT2D eigenvalue weighted by molar-refractivity contribution is 1.18. The summed E-state index contributed by atoms with van der Waals surface area (Å²) in [5.74, 6) is 0. The van der Waals surface area contributed by atoms with Crippen LogP contribution in [0, 0.1) is 0 Å². The number of hydrogen-bond donors (Lipinski definition) is 1. The van der Waals surface area contributed by atoms with Crippen LogP contribution in [0.1, 0.15) is 0 Å². The Morgan fingerprint density at radius 3 is 1.61 bits per heavy atom. The molecule has 268 valence electrons. The van der Waals surface area contributed by atoms with Gasteiger partial charge in [0.2, 0.25) is 0 Å². The highest BCUT2D eigenvalue weighted by atomic mass is 32.1. The van der Waals surface area contributed by atoms with Gasteiger partial charge in [-0.05, 0) is 112 Å². The van der Waals surface area contributed by atoms with Gasteiger partial charge >= 0.3 is 0 Å². The SMILES string of the molecule is c1ccc(-c2ccc(Nc3ccc(-c4ccc5c(c4)c4ccccc4n5-c4ccc(-c5ccccc5)cc4)cc3-c3ccc4sc5ccccc5c4c3)cc2)cc1. The molecule has 0 saturated heterocycles. The molecule has 0 aliphatic heterocycles. The average molecular weight is 745 g/mol. The first-order chi connectivity index (χ1) is 28.2. The number of rotatable bonds is 7.